The first-order valence-corrected chi connectivity index (χ1v) is 14.8. The van der Waals surface area contributed by atoms with Gasteiger partial charge in [-0.2, -0.15) is 0 Å². The summed E-state index contributed by atoms with van der Waals surface area (Å²) in [5.74, 6) is 1.43. The third-order valence-corrected chi connectivity index (χ3v) is 12.2. The van der Waals surface area contributed by atoms with Gasteiger partial charge >= 0.3 is 5.97 Å². The predicted molar refractivity (Wildman–Crippen MR) is 148 cm³/mol. The van der Waals surface area contributed by atoms with Crippen LogP contribution in [0.15, 0.2) is 11.6 Å². The van der Waals surface area contributed by atoms with Crippen molar-refractivity contribution in [2.45, 2.75) is 126 Å². The number of rotatable bonds is 1. The molecule has 3 N–H and O–H groups in total. The van der Waals surface area contributed by atoms with Gasteiger partial charge in [0.15, 0.2) is 0 Å². The molecule has 0 aliphatic heterocycles. The van der Waals surface area contributed by atoms with E-state index >= 15 is 0 Å². The molecule has 0 amide bonds. The van der Waals surface area contributed by atoms with Crippen molar-refractivity contribution >= 4 is 5.97 Å². The highest BCUT2D eigenvalue weighted by Crippen LogP contribution is 2.72. The first kappa shape index (κ1) is 29.7. The van der Waals surface area contributed by atoms with Crippen LogP contribution in [0, 0.1) is 50.7 Å². The standard InChI is InChI=1S/C29H46O3.C2H6.CH4O/c1-25(2)15-16-29(24(31)32)14-9-19-18(20(29)17-25)7-8-22-27(19,5)12-10-21-26(3,4)23(30)11-13-28(21,22)6;2*1-2/h7,19-23,30H,8-17H2,1-6H3,(H,31,32);1-2H3;2H,1H3/t19?,20?,21?,22?,23?,27-,28?,29+;;/m0../s1. The molecule has 0 aromatic rings. The summed E-state index contributed by atoms with van der Waals surface area (Å²) in [7, 11) is 1.00. The molecule has 0 radical (unpaired) electrons. The lowest BCUT2D eigenvalue weighted by molar-refractivity contribution is -0.188. The van der Waals surface area contributed by atoms with Crippen molar-refractivity contribution in [3.63, 3.8) is 0 Å². The lowest BCUT2D eigenvalue weighted by Crippen LogP contribution is -2.62. The predicted octanol–water partition coefficient (Wildman–Crippen LogP) is 7.48. The van der Waals surface area contributed by atoms with Gasteiger partial charge in [0.2, 0.25) is 0 Å². The molecule has 4 nitrogen and oxygen atoms in total. The van der Waals surface area contributed by atoms with Crippen LogP contribution >= 0.6 is 0 Å². The van der Waals surface area contributed by atoms with Crippen molar-refractivity contribution in [2.75, 3.05) is 7.11 Å². The van der Waals surface area contributed by atoms with Gasteiger partial charge in [-0.05, 0) is 110 Å². The van der Waals surface area contributed by atoms with Gasteiger partial charge in [0.25, 0.3) is 0 Å². The molecule has 5 rings (SSSR count). The van der Waals surface area contributed by atoms with E-state index < -0.39 is 11.4 Å². The number of aliphatic hydroxyl groups is 2. The molecule has 8 atom stereocenters. The molecule has 6 unspecified atom stereocenters. The van der Waals surface area contributed by atoms with Crippen molar-refractivity contribution in [3.8, 4) is 0 Å². The van der Waals surface area contributed by atoms with E-state index in [0.717, 1.165) is 58.5 Å². The highest BCUT2D eigenvalue weighted by molar-refractivity contribution is 5.76. The second-order valence-electron chi connectivity index (χ2n) is 14.4. The number of aliphatic hydroxyl groups excluding tert-OH is 2. The fraction of sp³-hybridized carbons (Fsp3) is 0.906. The summed E-state index contributed by atoms with van der Waals surface area (Å²) in [6.45, 7) is 18.4. The third kappa shape index (κ3) is 4.21. The van der Waals surface area contributed by atoms with Gasteiger partial charge < -0.3 is 15.3 Å². The van der Waals surface area contributed by atoms with E-state index in [0.29, 0.717) is 17.8 Å². The molecule has 5 aliphatic rings. The molecule has 4 saturated carbocycles. The summed E-state index contributed by atoms with van der Waals surface area (Å²) >= 11 is 0. The summed E-state index contributed by atoms with van der Waals surface area (Å²) in [6, 6.07) is 0. The van der Waals surface area contributed by atoms with E-state index in [1.165, 1.54) is 18.4 Å². The van der Waals surface area contributed by atoms with Crippen LogP contribution in [0.4, 0.5) is 0 Å². The Morgan fingerprint density at radius 2 is 1.42 bits per heavy atom. The number of aliphatic carboxylic acids is 1. The highest BCUT2D eigenvalue weighted by Gasteiger charge is 2.65. The van der Waals surface area contributed by atoms with E-state index in [2.05, 4.69) is 47.6 Å². The molecule has 0 aromatic carbocycles. The van der Waals surface area contributed by atoms with Gasteiger partial charge in [-0.15, -0.1) is 0 Å². The van der Waals surface area contributed by atoms with E-state index in [4.69, 9.17) is 5.11 Å². The maximum atomic E-state index is 12.6. The number of carbonyl (C=O) groups is 1. The van der Waals surface area contributed by atoms with Crippen molar-refractivity contribution in [1.29, 1.82) is 0 Å². The smallest absolute Gasteiger partial charge is 0.310 e. The van der Waals surface area contributed by atoms with E-state index in [-0.39, 0.29) is 33.7 Å². The number of hydrogen-bond donors (Lipinski definition) is 3. The highest BCUT2D eigenvalue weighted by atomic mass is 16.4. The Balaban J connectivity index is 0.000000861. The monoisotopic (exact) mass is 504 g/mol. The number of hydrogen-bond acceptors (Lipinski definition) is 3. The summed E-state index contributed by atoms with van der Waals surface area (Å²) in [5, 5.41) is 28.2. The molecule has 0 aromatic heterocycles. The Hall–Kier alpha value is -0.870. The lowest BCUT2D eigenvalue weighted by atomic mass is 9.37. The third-order valence-electron chi connectivity index (χ3n) is 12.2. The van der Waals surface area contributed by atoms with Gasteiger partial charge in [0.1, 0.15) is 0 Å². The molecule has 0 saturated heterocycles. The van der Waals surface area contributed by atoms with Crippen LogP contribution in [0.2, 0.25) is 0 Å². The van der Waals surface area contributed by atoms with E-state index in [1.54, 1.807) is 0 Å². The molecule has 36 heavy (non-hydrogen) atoms. The van der Waals surface area contributed by atoms with E-state index in [1.807, 2.05) is 13.8 Å². The molecule has 208 valence electrons. The zero-order chi connectivity index (χ0) is 27.3. The summed E-state index contributed by atoms with van der Waals surface area (Å²) < 4.78 is 0. The van der Waals surface area contributed by atoms with E-state index in [9.17, 15) is 15.0 Å². The summed E-state index contributed by atoms with van der Waals surface area (Å²) in [5.41, 5.74) is 1.75. The topological polar surface area (TPSA) is 77.8 Å². The summed E-state index contributed by atoms with van der Waals surface area (Å²) in [4.78, 5) is 12.6. The minimum Gasteiger partial charge on any atom is -0.481 e. The Labute approximate surface area is 221 Å². The second kappa shape index (κ2) is 10.0. The second-order valence-corrected chi connectivity index (χ2v) is 14.4. The Morgan fingerprint density at radius 3 is 2.03 bits per heavy atom. The first-order chi connectivity index (χ1) is 16.8. The average molecular weight is 505 g/mol. The molecule has 4 heteroatoms. The number of fused-ring (bicyclic) bond motifs is 7. The first-order valence-electron chi connectivity index (χ1n) is 14.8. The fourth-order valence-electron chi connectivity index (χ4n) is 10.3. The molecular weight excluding hydrogens is 448 g/mol. The van der Waals surface area contributed by atoms with Crippen LogP contribution in [0.25, 0.3) is 0 Å². The minimum atomic E-state index is -0.539. The SMILES string of the molecule is CC.CC1(C)CC[C@]2(C(=O)O)CCC3C(=CCC4C5(C)CCC(O)C(C)(C)C5CC[C@@]34C)C2C1.CO. The number of allylic oxidation sites excluding steroid dienone is 2. The van der Waals surface area contributed by atoms with Crippen LogP contribution in [0.3, 0.4) is 0 Å². The van der Waals surface area contributed by atoms with Gasteiger partial charge in [0, 0.05) is 7.11 Å². The Kier molecular flexibility index (Phi) is 8.27. The molecule has 0 spiro atoms. The Morgan fingerprint density at radius 1 is 0.806 bits per heavy atom. The quantitative estimate of drug-likeness (QED) is 0.324. The minimum absolute atomic E-state index is 0.0171. The van der Waals surface area contributed by atoms with Crippen molar-refractivity contribution in [2.24, 2.45) is 50.7 Å². The fourth-order valence-corrected chi connectivity index (χ4v) is 10.3. The van der Waals surface area contributed by atoms with Crippen molar-refractivity contribution in [1.82, 2.24) is 0 Å². The zero-order valence-electron chi connectivity index (χ0n) is 24.8. The van der Waals surface area contributed by atoms with Crippen molar-refractivity contribution in [3.05, 3.63) is 11.6 Å². The average Bonchev–Trinajstić information content (AvgIpc) is 2.83. The lowest BCUT2D eigenvalue weighted by Gasteiger charge is -2.68. The molecule has 0 heterocycles. The largest absolute Gasteiger partial charge is 0.481 e. The molecule has 0 bridgehead atoms. The van der Waals surface area contributed by atoms with Crippen molar-refractivity contribution < 1.29 is 20.1 Å². The number of carboxylic acids is 1. The molecule has 5 aliphatic carbocycles. The van der Waals surface area contributed by atoms with Gasteiger partial charge in [-0.3, -0.25) is 4.79 Å². The molecular formula is C32H56O4. The number of carboxylic acid groups (broad SMARTS) is 1. The van der Waals surface area contributed by atoms with Gasteiger partial charge in [0.05, 0.1) is 11.5 Å². The van der Waals surface area contributed by atoms with Crippen LogP contribution in [0.1, 0.15) is 120 Å². The van der Waals surface area contributed by atoms with Crippen LogP contribution in [-0.2, 0) is 4.79 Å². The van der Waals surface area contributed by atoms with Gasteiger partial charge in [-0.25, -0.2) is 0 Å². The summed E-state index contributed by atoms with van der Waals surface area (Å²) in [6.07, 6.45) is 12.8. The zero-order valence-corrected chi connectivity index (χ0v) is 24.8. The van der Waals surface area contributed by atoms with Crippen LogP contribution < -0.4 is 0 Å². The maximum absolute atomic E-state index is 12.6. The van der Waals surface area contributed by atoms with Crippen LogP contribution in [-0.4, -0.2) is 34.5 Å². The normalized spacial score (nSPS) is 46.0. The molecule has 4 fully saturated rings. The van der Waals surface area contributed by atoms with Gasteiger partial charge in [-0.1, -0.05) is 67.0 Å². The Bertz CT molecular complexity index is 843. The van der Waals surface area contributed by atoms with Crippen LogP contribution in [0.5, 0.6) is 0 Å². The maximum Gasteiger partial charge on any atom is 0.310 e.